The van der Waals surface area contributed by atoms with Crippen LogP contribution in [0, 0.1) is 0 Å². The minimum absolute atomic E-state index is 1.14. The molecule has 0 unspecified atom stereocenters. The molecule has 64 valence electrons. The van der Waals surface area contributed by atoms with Crippen LogP contribution in [0.2, 0.25) is 0 Å². The van der Waals surface area contributed by atoms with Crippen molar-refractivity contribution in [1.82, 2.24) is 0 Å². The lowest BCUT2D eigenvalue weighted by Crippen LogP contribution is -1.70. The van der Waals surface area contributed by atoms with Crippen molar-refractivity contribution in [3.8, 4) is 0 Å². The Bertz CT molecular complexity index is 103. The van der Waals surface area contributed by atoms with Crippen molar-refractivity contribution in [2.75, 3.05) is 8.86 Å². The highest BCUT2D eigenvalue weighted by Crippen LogP contribution is 1.99. The molecule has 0 saturated carbocycles. The van der Waals surface area contributed by atoms with Gasteiger partial charge in [-0.1, -0.05) is 69.5 Å². The summed E-state index contributed by atoms with van der Waals surface area (Å²) >= 11 is 4.72. The van der Waals surface area contributed by atoms with Gasteiger partial charge in [-0.15, -0.1) is 0 Å². The van der Waals surface area contributed by atoms with Gasteiger partial charge in [0, 0.05) is 8.86 Å². The van der Waals surface area contributed by atoms with E-state index >= 15 is 0 Å². The number of halogens is 2. The van der Waals surface area contributed by atoms with Crippen LogP contribution in [-0.2, 0) is 0 Å². The third-order valence-corrected chi connectivity index (χ3v) is 2.27. The molecular formula is C9H14I2. The van der Waals surface area contributed by atoms with Crippen LogP contribution in [0.5, 0.6) is 0 Å². The van der Waals surface area contributed by atoms with Crippen LogP contribution in [0.3, 0.4) is 0 Å². The Kier molecular flexibility index (Phi) is 11.9. The highest BCUT2D eigenvalue weighted by atomic mass is 127. The van der Waals surface area contributed by atoms with Crippen molar-refractivity contribution in [3.63, 3.8) is 0 Å². The monoisotopic (exact) mass is 376 g/mol. The molecule has 0 aliphatic carbocycles. The van der Waals surface area contributed by atoms with E-state index in [-0.39, 0.29) is 0 Å². The van der Waals surface area contributed by atoms with Crippen LogP contribution in [0.1, 0.15) is 19.3 Å². The summed E-state index contributed by atoms with van der Waals surface area (Å²) in [6, 6.07) is 0. The number of alkyl halides is 2. The average Bonchev–Trinajstić information content (AvgIpc) is 2.03. The highest BCUT2D eigenvalue weighted by Gasteiger charge is 1.79. The standard InChI is InChI=1S/C9H14I2/c10-8-6-4-2-1-3-5-7-9-11/h4-7H,1-3,8-9H2. The third kappa shape index (κ3) is 10.9. The molecule has 2 heteroatoms. The summed E-state index contributed by atoms with van der Waals surface area (Å²) < 4.78 is 2.28. The van der Waals surface area contributed by atoms with Crippen LogP contribution >= 0.6 is 45.2 Å². The fourth-order valence-electron chi connectivity index (χ4n) is 0.715. The van der Waals surface area contributed by atoms with E-state index in [1.54, 1.807) is 0 Å². The first-order valence-electron chi connectivity index (χ1n) is 3.83. The molecule has 11 heavy (non-hydrogen) atoms. The van der Waals surface area contributed by atoms with Gasteiger partial charge in [-0.2, -0.15) is 0 Å². The zero-order valence-electron chi connectivity index (χ0n) is 6.60. The van der Waals surface area contributed by atoms with Crippen LogP contribution < -0.4 is 0 Å². The number of hydrogen-bond donors (Lipinski definition) is 0. The maximum Gasteiger partial charge on any atom is 0.0175 e. The molecule has 0 aliphatic rings. The van der Waals surface area contributed by atoms with Gasteiger partial charge in [-0.3, -0.25) is 0 Å². The number of allylic oxidation sites excluding steroid dienone is 4. The molecule has 0 aromatic heterocycles. The number of unbranched alkanes of at least 4 members (excludes halogenated alkanes) is 2. The van der Waals surface area contributed by atoms with Crippen molar-refractivity contribution in [1.29, 1.82) is 0 Å². The molecule has 0 amide bonds. The van der Waals surface area contributed by atoms with Gasteiger partial charge in [0.2, 0.25) is 0 Å². The average molecular weight is 376 g/mol. The van der Waals surface area contributed by atoms with Crippen molar-refractivity contribution in [3.05, 3.63) is 24.3 Å². The first-order chi connectivity index (χ1) is 5.41. The van der Waals surface area contributed by atoms with Gasteiger partial charge in [0.15, 0.2) is 0 Å². The molecule has 0 fully saturated rings. The second kappa shape index (κ2) is 10.9. The van der Waals surface area contributed by atoms with E-state index in [1.165, 1.54) is 19.3 Å². The largest absolute Gasteiger partial charge is 0.0878 e. The van der Waals surface area contributed by atoms with Crippen molar-refractivity contribution in [2.45, 2.75) is 19.3 Å². The molecule has 0 aliphatic heterocycles. The fraction of sp³-hybridized carbons (Fsp3) is 0.556. The molecule has 0 N–H and O–H groups in total. The molecule has 0 spiro atoms. The van der Waals surface area contributed by atoms with Crippen LogP contribution in [0.15, 0.2) is 24.3 Å². The van der Waals surface area contributed by atoms with Crippen molar-refractivity contribution in [2.24, 2.45) is 0 Å². The summed E-state index contributed by atoms with van der Waals surface area (Å²) in [5, 5.41) is 0. The Balaban J connectivity index is 3.02. The summed E-state index contributed by atoms with van der Waals surface area (Å²) in [7, 11) is 0. The van der Waals surface area contributed by atoms with Crippen LogP contribution in [0.25, 0.3) is 0 Å². The van der Waals surface area contributed by atoms with E-state index in [9.17, 15) is 0 Å². The Hall–Kier alpha value is 0.940. The van der Waals surface area contributed by atoms with Gasteiger partial charge < -0.3 is 0 Å². The van der Waals surface area contributed by atoms with Gasteiger partial charge in [-0.25, -0.2) is 0 Å². The molecule has 0 nitrogen and oxygen atoms in total. The molecule has 0 aromatic rings. The fourth-order valence-corrected chi connectivity index (χ4v) is 1.43. The summed E-state index contributed by atoms with van der Waals surface area (Å²) in [4.78, 5) is 0. The molecule has 0 rings (SSSR count). The predicted octanol–water partition coefficient (Wildman–Crippen LogP) is 4.14. The number of hydrogen-bond acceptors (Lipinski definition) is 0. The van der Waals surface area contributed by atoms with E-state index in [4.69, 9.17) is 0 Å². The maximum atomic E-state index is 2.36. The van der Waals surface area contributed by atoms with E-state index in [1.807, 2.05) is 0 Å². The molecular weight excluding hydrogens is 362 g/mol. The molecule has 0 atom stereocenters. The Labute approximate surface area is 96.8 Å². The molecule has 0 radical (unpaired) electrons. The summed E-state index contributed by atoms with van der Waals surface area (Å²) in [5.74, 6) is 0. The smallest absolute Gasteiger partial charge is 0.0175 e. The lowest BCUT2D eigenvalue weighted by molar-refractivity contribution is 0.867. The minimum Gasteiger partial charge on any atom is -0.0878 e. The third-order valence-electron chi connectivity index (χ3n) is 1.25. The van der Waals surface area contributed by atoms with Gasteiger partial charge in [0.1, 0.15) is 0 Å². The maximum absolute atomic E-state index is 2.36. The summed E-state index contributed by atoms with van der Waals surface area (Å²) in [6.07, 6.45) is 12.7. The Morgan fingerprint density at radius 2 is 1.18 bits per heavy atom. The zero-order valence-corrected chi connectivity index (χ0v) is 10.9. The second-order valence-electron chi connectivity index (χ2n) is 2.18. The molecule has 0 heterocycles. The summed E-state index contributed by atoms with van der Waals surface area (Å²) in [6.45, 7) is 0. The van der Waals surface area contributed by atoms with Crippen molar-refractivity contribution < 1.29 is 0 Å². The lowest BCUT2D eigenvalue weighted by Gasteiger charge is -1.88. The SMILES string of the molecule is ICC=CCCCC=CCI. The zero-order chi connectivity index (χ0) is 8.36. The number of rotatable bonds is 6. The molecule has 0 bridgehead atoms. The van der Waals surface area contributed by atoms with E-state index < -0.39 is 0 Å². The second-order valence-corrected chi connectivity index (χ2v) is 3.94. The van der Waals surface area contributed by atoms with Gasteiger partial charge in [-0.05, 0) is 19.3 Å². The molecule has 0 saturated heterocycles. The van der Waals surface area contributed by atoms with E-state index in [0.717, 1.165) is 8.86 Å². The Morgan fingerprint density at radius 3 is 1.55 bits per heavy atom. The first-order valence-corrected chi connectivity index (χ1v) is 6.89. The quantitative estimate of drug-likeness (QED) is 0.283. The van der Waals surface area contributed by atoms with Crippen LogP contribution in [0.4, 0.5) is 0 Å². The predicted molar refractivity (Wildman–Crippen MR) is 69.9 cm³/mol. The normalized spacial score (nSPS) is 11.8. The van der Waals surface area contributed by atoms with E-state index in [2.05, 4.69) is 69.5 Å². The highest BCUT2D eigenvalue weighted by molar-refractivity contribution is 14.1. The van der Waals surface area contributed by atoms with Gasteiger partial charge >= 0.3 is 0 Å². The summed E-state index contributed by atoms with van der Waals surface area (Å²) in [5.41, 5.74) is 0. The first kappa shape index (κ1) is 11.9. The van der Waals surface area contributed by atoms with E-state index in [0.29, 0.717) is 0 Å². The van der Waals surface area contributed by atoms with Crippen molar-refractivity contribution >= 4 is 45.2 Å². The minimum atomic E-state index is 1.14. The van der Waals surface area contributed by atoms with Gasteiger partial charge in [0.05, 0.1) is 0 Å². The van der Waals surface area contributed by atoms with Crippen LogP contribution in [-0.4, -0.2) is 8.86 Å². The topological polar surface area (TPSA) is 0 Å². The van der Waals surface area contributed by atoms with Gasteiger partial charge in [0.25, 0.3) is 0 Å². The molecule has 0 aromatic carbocycles. The lowest BCUT2D eigenvalue weighted by atomic mass is 10.2. The Morgan fingerprint density at radius 1 is 0.727 bits per heavy atom.